The maximum Gasteiger partial charge on any atom is 0.183 e. The number of rotatable bonds is 4. The SMILES string of the molecule is NCC(Oc1cccc(Cl)c1F)c1ccncc1. The first-order valence-corrected chi connectivity index (χ1v) is 5.81. The molecule has 1 unspecified atom stereocenters. The number of hydrogen-bond donors (Lipinski definition) is 1. The molecule has 2 rings (SSSR count). The third-order valence-electron chi connectivity index (χ3n) is 2.48. The molecular formula is C13H12ClFN2O. The van der Waals surface area contributed by atoms with Gasteiger partial charge in [0.2, 0.25) is 0 Å². The monoisotopic (exact) mass is 266 g/mol. The lowest BCUT2D eigenvalue weighted by Crippen LogP contribution is -2.19. The Morgan fingerprint density at radius 1 is 1.28 bits per heavy atom. The van der Waals surface area contributed by atoms with Crippen molar-refractivity contribution in [3.8, 4) is 5.75 Å². The third kappa shape index (κ3) is 2.78. The number of halogens is 2. The average molecular weight is 267 g/mol. The normalized spacial score (nSPS) is 12.2. The highest BCUT2D eigenvalue weighted by molar-refractivity contribution is 6.30. The maximum absolute atomic E-state index is 13.7. The van der Waals surface area contributed by atoms with Crippen LogP contribution in [0.3, 0.4) is 0 Å². The molecular weight excluding hydrogens is 255 g/mol. The van der Waals surface area contributed by atoms with Crippen LogP contribution in [0.5, 0.6) is 5.75 Å². The van der Waals surface area contributed by atoms with Crippen molar-refractivity contribution in [2.24, 2.45) is 5.73 Å². The molecule has 0 fully saturated rings. The molecule has 0 saturated carbocycles. The van der Waals surface area contributed by atoms with Gasteiger partial charge in [-0.3, -0.25) is 4.98 Å². The lowest BCUT2D eigenvalue weighted by molar-refractivity contribution is 0.204. The average Bonchev–Trinajstić information content (AvgIpc) is 2.41. The van der Waals surface area contributed by atoms with E-state index in [1.807, 2.05) is 0 Å². The Kier molecular flexibility index (Phi) is 4.12. The zero-order valence-corrected chi connectivity index (χ0v) is 10.3. The van der Waals surface area contributed by atoms with E-state index >= 15 is 0 Å². The quantitative estimate of drug-likeness (QED) is 0.926. The van der Waals surface area contributed by atoms with Gasteiger partial charge in [0, 0.05) is 18.9 Å². The molecule has 0 aliphatic carbocycles. The molecule has 0 spiro atoms. The van der Waals surface area contributed by atoms with E-state index < -0.39 is 11.9 Å². The molecule has 1 aromatic heterocycles. The first-order chi connectivity index (χ1) is 8.72. The molecule has 0 radical (unpaired) electrons. The molecule has 3 nitrogen and oxygen atoms in total. The number of aromatic nitrogens is 1. The summed E-state index contributed by atoms with van der Waals surface area (Å²) in [7, 11) is 0. The molecule has 5 heteroatoms. The van der Waals surface area contributed by atoms with Crippen LogP contribution in [-0.2, 0) is 0 Å². The smallest absolute Gasteiger partial charge is 0.183 e. The highest BCUT2D eigenvalue weighted by Crippen LogP contribution is 2.28. The Hall–Kier alpha value is -1.65. The van der Waals surface area contributed by atoms with Crippen molar-refractivity contribution in [3.05, 3.63) is 59.1 Å². The summed E-state index contributed by atoms with van der Waals surface area (Å²) in [4.78, 5) is 3.91. The Morgan fingerprint density at radius 3 is 2.67 bits per heavy atom. The van der Waals surface area contributed by atoms with Crippen LogP contribution in [0.1, 0.15) is 11.7 Å². The predicted octanol–water partition coefficient (Wildman–Crippen LogP) is 2.95. The van der Waals surface area contributed by atoms with Gasteiger partial charge in [-0.1, -0.05) is 17.7 Å². The Bertz CT molecular complexity index is 522. The van der Waals surface area contributed by atoms with Crippen LogP contribution >= 0.6 is 11.6 Å². The van der Waals surface area contributed by atoms with E-state index in [0.29, 0.717) is 0 Å². The van der Waals surface area contributed by atoms with Crippen LogP contribution in [0.2, 0.25) is 5.02 Å². The second-order valence-electron chi connectivity index (χ2n) is 3.67. The first-order valence-electron chi connectivity index (χ1n) is 5.43. The van der Waals surface area contributed by atoms with E-state index in [9.17, 15) is 4.39 Å². The minimum Gasteiger partial charge on any atom is -0.481 e. The fourth-order valence-electron chi connectivity index (χ4n) is 1.56. The van der Waals surface area contributed by atoms with Crippen LogP contribution < -0.4 is 10.5 Å². The molecule has 0 saturated heterocycles. The van der Waals surface area contributed by atoms with Crippen molar-refractivity contribution < 1.29 is 9.13 Å². The Morgan fingerprint density at radius 2 is 2.00 bits per heavy atom. The zero-order valence-electron chi connectivity index (χ0n) is 9.51. The molecule has 94 valence electrons. The van der Waals surface area contributed by atoms with Gasteiger partial charge < -0.3 is 10.5 Å². The summed E-state index contributed by atoms with van der Waals surface area (Å²) in [6.07, 6.45) is 2.84. The maximum atomic E-state index is 13.7. The number of pyridine rings is 1. The molecule has 0 bridgehead atoms. The fraction of sp³-hybridized carbons (Fsp3) is 0.154. The van der Waals surface area contributed by atoms with Crippen molar-refractivity contribution in [2.45, 2.75) is 6.10 Å². The zero-order chi connectivity index (χ0) is 13.0. The summed E-state index contributed by atoms with van der Waals surface area (Å²) in [6, 6.07) is 8.17. The molecule has 1 heterocycles. The molecule has 0 aliphatic heterocycles. The van der Waals surface area contributed by atoms with Crippen molar-refractivity contribution in [1.29, 1.82) is 0 Å². The van der Waals surface area contributed by atoms with Crippen LogP contribution in [-0.4, -0.2) is 11.5 Å². The third-order valence-corrected chi connectivity index (χ3v) is 2.77. The molecule has 2 aromatic rings. The minimum atomic E-state index is -0.577. The van der Waals surface area contributed by atoms with Gasteiger partial charge in [-0.05, 0) is 29.8 Å². The van der Waals surface area contributed by atoms with Crippen molar-refractivity contribution in [1.82, 2.24) is 4.98 Å². The van der Waals surface area contributed by atoms with Crippen LogP contribution in [0, 0.1) is 5.82 Å². The summed E-state index contributed by atoms with van der Waals surface area (Å²) in [6.45, 7) is 0.232. The van der Waals surface area contributed by atoms with Crippen LogP contribution in [0.15, 0.2) is 42.7 Å². The lowest BCUT2D eigenvalue weighted by Gasteiger charge is -2.18. The highest BCUT2D eigenvalue weighted by Gasteiger charge is 2.15. The fourth-order valence-corrected chi connectivity index (χ4v) is 1.72. The van der Waals surface area contributed by atoms with E-state index in [2.05, 4.69) is 4.98 Å². The summed E-state index contributed by atoms with van der Waals surface area (Å²) in [5, 5.41) is 0.0259. The summed E-state index contributed by atoms with van der Waals surface area (Å²) < 4.78 is 19.3. The van der Waals surface area contributed by atoms with Gasteiger partial charge >= 0.3 is 0 Å². The molecule has 1 aromatic carbocycles. The largest absolute Gasteiger partial charge is 0.481 e. The molecule has 18 heavy (non-hydrogen) atoms. The van der Waals surface area contributed by atoms with Gasteiger partial charge in [0.15, 0.2) is 11.6 Å². The van der Waals surface area contributed by atoms with Crippen LogP contribution in [0.25, 0.3) is 0 Å². The number of benzene rings is 1. The lowest BCUT2D eigenvalue weighted by atomic mass is 10.1. The van der Waals surface area contributed by atoms with Gasteiger partial charge in [-0.2, -0.15) is 0 Å². The van der Waals surface area contributed by atoms with Gasteiger partial charge in [0.05, 0.1) is 5.02 Å². The van der Waals surface area contributed by atoms with Gasteiger partial charge in [0.25, 0.3) is 0 Å². The first kappa shape index (κ1) is 12.8. The number of hydrogen-bond acceptors (Lipinski definition) is 3. The van der Waals surface area contributed by atoms with E-state index in [0.717, 1.165) is 5.56 Å². The molecule has 1 atom stereocenters. The van der Waals surface area contributed by atoms with E-state index in [1.54, 1.807) is 30.6 Å². The number of nitrogens with two attached hydrogens (primary N) is 1. The number of ether oxygens (including phenoxy) is 1. The summed E-state index contributed by atoms with van der Waals surface area (Å²) in [5.74, 6) is -0.485. The van der Waals surface area contributed by atoms with E-state index in [-0.39, 0.29) is 17.3 Å². The Labute approximate surface area is 109 Å². The van der Waals surface area contributed by atoms with Crippen molar-refractivity contribution >= 4 is 11.6 Å². The summed E-state index contributed by atoms with van der Waals surface area (Å²) >= 11 is 5.69. The molecule has 2 N–H and O–H groups in total. The minimum absolute atomic E-state index is 0.0259. The highest BCUT2D eigenvalue weighted by atomic mass is 35.5. The van der Waals surface area contributed by atoms with Gasteiger partial charge in [-0.15, -0.1) is 0 Å². The van der Waals surface area contributed by atoms with Crippen molar-refractivity contribution in [3.63, 3.8) is 0 Å². The second kappa shape index (κ2) is 5.80. The second-order valence-corrected chi connectivity index (χ2v) is 4.08. The number of nitrogens with zero attached hydrogens (tertiary/aromatic N) is 1. The molecule has 0 amide bonds. The molecule has 0 aliphatic rings. The van der Waals surface area contributed by atoms with Crippen LogP contribution in [0.4, 0.5) is 4.39 Å². The van der Waals surface area contributed by atoms with E-state index in [1.165, 1.54) is 12.1 Å². The topological polar surface area (TPSA) is 48.1 Å². The standard InChI is InChI=1S/C13H12ClFN2O/c14-10-2-1-3-11(13(10)15)18-12(8-16)9-4-6-17-7-5-9/h1-7,12H,8,16H2. The van der Waals surface area contributed by atoms with E-state index in [4.69, 9.17) is 22.1 Å². The predicted molar refractivity (Wildman–Crippen MR) is 68.1 cm³/mol. The summed E-state index contributed by atoms with van der Waals surface area (Å²) in [5.41, 5.74) is 6.48. The van der Waals surface area contributed by atoms with Crippen molar-refractivity contribution in [2.75, 3.05) is 6.54 Å². The van der Waals surface area contributed by atoms with Gasteiger partial charge in [0.1, 0.15) is 6.10 Å². The van der Waals surface area contributed by atoms with Gasteiger partial charge in [-0.25, -0.2) is 4.39 Å². The Balaban J connectivity index is 2.24.